The second kappa shape index (κ2) is 8.41. The average molecular weight is 350 g/mol. The smallest absolute Gasteiger partial charge is 0.271 e. The van der Waals surface area contributed by atoms with Gasteiger partial charge in [-0.1, -0.05) is 0 Å². The van der Waals surface area contributed by atoms with Crippen molar-refractivity contribution in [1.82, 2.24) is 10.3 Å². The Labute approximate surface area is 145 Å². The minimum atomic E-state index is -0.152. The van der Waals surface area contributed by atoms with Crippen molar-refractivity contribution in [2.75, 3.05) is 26.4 Å². The van der Waals surface area contributed by atoms with Crippen molar-refractivity contribution in [2.45, 2.75) is 32.3 Å². The molecular formula is C17H22N2O4S. The van der Waals surface area contributed by atoms with E-state index in [1.807, 2.05) is 19.1 Å². The van der Waals surface area contributed by atoms with Crippen LogP contribution in [0.25, 0.3) is 10.8 Å². The van der Waals surface area contributed by atoms with Crippen LogP contribution in [0.1, 0.15) is 34.6 Å². The molecule has 1 atom stereocenters. The van der Waals surface area contributed by atoms with Gasteiger partial charge in [0.1, 0.15) is 5.69 Å². The van der Waals surface area contributed by atoms with Crippen molar-refractivity contribution in [1.29, 1.82) is 0 Å². The lowest BCUT2D eigenvalue weighted by molar-refractivity contribution is 0.0166. The quantitative estimate of drug-likeness (QED) is 0.741. The van der Waals surface area contributed by atoms with E-state index in [0.717, 1.165) is 35.8 Å². The molecule has 0 spiro atoms. The van der Waals surface area contributed by atoms with E-state index < -0.39 is 0 Å². The number of ether oxygens (including phenoxy) is 2. The highest BCUT2D eigenvalue weighted by Gasteiger charge is 2.17. The van der Waals surface area contributed by atoms with Crippen molar-refractivity contribution >= 4 is 17.2 Å². The topological polar surface area (TPSA) is 73.6 Å². The summed E-state index contributed by atoms with van der Waals surface area (Å²) in [6.45, 7) is 4.57. The Kier molecular flexibility index (Phi) is 6.01. The van der Waals surface area contributed by atoms with Crippen LogP contribution in [0.15, 0.2) is 22.8 Å². The zero-order valence-electron chi connectivity index (χ0n) is 13.7. The van der Waals surface area contributed by atoms with Crippen LogP contribution < -0.4 is 5.32 Å². The van der Waals surface area contributed by atoms with Crippen molar-refractivity contribution in [2.24, 2.45) is 0 Å². The van der Waals surface area contributed by atoms with Gasteiger partial charge in [-0.2, -0.15) is 0 Å². The molecule has 3 rings (SSSR count). The molecule has 3 heterocycles. The summed E-state index contributed by atoms with van der Waals surface area (Å²) in [6.07, 6.45) is 4.82. The van der Waals surface area contributed by atoms with Gasteiger partial charge in [-0.15, -0.1) is 11.3 Å². The van der Waals surface area contributed by atoms with Crippen LogP contribution in [0.2, 0.25) is 0 Å². The van der Waals surface area contributed by atoms with Crippen LogP contribution in [0, 0.1) is 6.92 Å². The number of nitrogens with one attached hydrogen (secondary N) is 1. The number of amides is 1. The van der Waals surface area contributed by atoms with Gasteiger partial charge in [0.05, 0.1) is 19.0 Å². The third-order valence-electron chi connectivity index (χ3n) is 3.82. The van der Waals surface area contributed by atoms with E-state index in [1.54, 1.807) is 6.26 Å². The standard InChI is InChI=1S/C17H22N2O4S/c1-12-15(19-17(24-12)14-6-3-10-23-14)16(20)18-7-4-8-21-11-13-5-2-9-22-13/h3,6,10,13H,2,4-5,7-9,11H2,1H3,(H,18,20). The Hall–Kier alpha value is -1.70. The second-order valence-electron chi connectivity index (χ2n) is 5.72. The van der Waals surface area contributed by atoms with Gasteiger partial charge in [0, 0.05) is 24.6 Å². The maximum absolute atomic E-state index is 12.2. The van der Waals surface area contributed by atoms with Gasteiger partial charge < -0.3 is 19.2 Å². The minimum Gasteiger partial charge on any atom is -0.462 e. The summed E-state index contributed by atoms with van der Waals surface area (Å²) < 4.78 is 16.4. The molecule has 1 aliphatic heterocycles. The molecule has 1 fully saturated rings. The zero-order valence-corrected chi connectivity index (χ0v) is 14.6. The van der Waals surface area contributed by atoms with E-state index in [9.17, 15) is 4.79 Å². The molecule has 0 bridgehead atoms. The van der Waals surface area contributed by atoms with Crippen LogP contribution in [0.4, 0.5) is 0 Å². The molecule has 0 radical (unpaired) electrons. The molecule has 0 saturated carbocycles. The highest BCUT2D eigenvalue weighted by atomic mass is 32.1. The monoisotopic (exact) mass is 350 g/mol. The van der Waals surface area contributed by atoms with E-state index in [1.165, 1.54) is 11.3 Å². The molecule has 1 saturated heterocycles. The Balaban J connectivity index is 1.39. The summed E-state index contributed by atoms with van der Waals surface area (Å²) >= 11 is 1.46. The molecule has 6 nitrogen and oxygen atoms in total. The third-order valence-corrected chi connectivity index (χ3v) is 4.81. The van der Waals surface area contributed by atoms with E-state index >= 15 is 0 Å². The fourth-order valence-corrected chi connectivity index (χ4v) is 3.44. The number of furan rings is 1. The van der Waals surface area contributed by atoms with Crippen molar-refractivity contribution in [3.63, 3.8) is 0 Å². The maximum Gasteiger partial charge on any atom is 0.271 e. The van der Waals surface area contributed by atoms with Gasteiger partial charge in [-0.25, -0.2) is 4.98 Å². The number of aryl methyl sites for hydroxylation is 1. The summed E-state index contributed by atoms with van der Waals surface area (Å²) in [4.78, 5) is 17.5. The molecule has 7 heteroatoms. The van der Waals surface area contributed by atoms with Gasteiger partial charge >= 0.3 is 0 Å². The third kappa shape index (κ3) is 4.43. The normalized spacial score (nSPS) is 17.3. The fourth-order valence-electron chi connectivity index (χ4n) is 2.56. The van der Waals surface area contributed by atoms with Gasteiger partial charge in [0.15, 0.2) is 10.8 Å². The molecule has 1 amide bonds. The van der Waals surface area contributed by atoms with E-state index in [0.29, 0.717) is 31.2 Å². The molecule has 1 aliphatic rings. The first-order chi connectivity index (χ1) is 11.7. The number of hydrogen-bond acceptors (Lipinski definition) is 6. The molecule has 130 valence electrons. The first-order valence-electron chi connectivity index (χ1n) is 8.23. The number of aromatic nitrogens is 1. The highest BCUT2D eigenvalue weighted by Crippen LogP contribution is 2.27. The van der Waals surface area contributed by atoms with Crippen LogP contribution in [-0.4, -0.2) is 43.4 Å². The summed E-state index contributed by atoms with van der Waals surface area (Å²) in [6, 6.07) is 3.65. The lowest BCUT2D eigenvalue weighted by atomic mass is 10.2. The summed E-state index contributed by atoms with van der Waals surface area (Å²) in [5.41, 5.74) is 0.465. The molecule has 1 N–H and O–H groups in total. The number of hydrogen-bond donors (Lipinski definition) is 1. The van der Waals surface area contributed by atoms with E-state index in [4.69, 9.17) is 13.9 Å². The first-order valence-corrected chi connectivity index (χ1v) is 9.04. The molecule has 0 aliphatic carbocycles. The van der Waals surface area contributed by atoms with Crippen molar-refractivity contribution in [3.05, 3.63) is 29.0 Å². The molecule has 0 aromatic carbocycles. The number of nitrogens with zero attached hydrogens (tertiary/aromatic N) is 1. The summed E-state index contributed by atoms with van der Waals surface area (Å²) in [5.74, 6) is 0.533. The number of rotatable bonds is 8. The summed E-state index contributed by atoms with van der Waals surface area (Å²) in [5, 5.41) is 3.61. The molecule has 1 unspecified atom stereocenters. The Bertz CT molecular complexity index is 648. The average Bonchev–Trinajstić information content (AvgIpc) is 3.31. The van der Waals surface area contributed by atoms with Crippen LogP contribution in [0.3, 0.4) is 0 Å². The van der Waals surface area contributed by atoms with Gasteiger partial charge in [-0.3, -0.25) is 4.79 Å². The van der Waals surface area contributed by atoms with Gasteiger partial charge in [-0.05, 0) is 38.3 Å². The number of thiazole rings is 1. The maximum atomic E-state index is 12.2. The first kappa shape index (κ1) is 17.1. The van der Waals surface area contributed by atoms with Gasteiger partial charge in [0.2, 0.25) is 0 Å². The lowest BCUT2D eigenvalue weighted by Gasteiger charge is -2.10. The Morgan fingerprint density at radius 2 is 2.46 bits per heavy atom. The van der Waals surface area contributed by atoms with E-state index in [-0.39, 0.29) is 12.0 Å². The largest absolute Gasteiger partial charge is 0.462 e. The molecule has 2 aromatic heterocycles. The number of carbonyl (C=O) groups is 1. The SMILES string of the molecule is Cc1sc(-c2ccco2)nc1C(=O)NCCCOCC1CCCO1. The fraction of sp³-hybridized carbons (Fsp3) is 0.529. The summed E-state index contributed by atoms with van der Waals surface area (Å²) in [7, 11) is 0. The highest BCUT2D eigenvalue weighted by molar-refractivity contribution is 7.15. The Morgan fingerprint density at radius 3 is 3.21 bits per heavy atom. The number of carbonyl (C=O) groups excluding carboxylic acids is 1. The second-order valence-corrected chi connectivity index (χ2v) is 6.92. The van der Waals surface area contributed by atoms with Crippen LogP contribution in [0.5, 0.6) is 0 Å². The van der Waals surface area contributed by atoms with Crippen LogP contribution in [-0.2, 0) is 9.47 Å². The minimum absolute atomic E-state index is 0.152. The molecular weight excluding hydrogens is 328 g/mol. The van der Waals surface area contributed by atoms with E-state index in [2.05, 4.69) is 10.3 Å². The molecule has 2 aromatic rings. The zero-order chi connectivity index (χ0) is 16.8. The van der Waals surface area contributed by atoms with Gasteiger partial charge in [0.25, 0.3) is 5.91 Å². The van der Waals surface area contributed by atoms with Crippen molar-refractivity contribution < 1.29 is 18.7 Å². The predicted octanol–water partition coefficient (Wildman–Crippen LogP) is 3.03. The lowest BCUT2D eigenvalue weighted by Crippen LogP contribution is -2.26. The van der Waals surface area contributed by atoms with Crippen molar-refractivity contribution in [3.8, 4) is 10.8 Å². The van der Waals surface area contributed by atoms with Crippen LogP contribution >= 0.6 is 11.3 Å². The Morgan fingerprint density at radius 1 is 1.54 bits per heavy atom. The molecule has 24 heavy (non-hydrogen) atoms. The predicted molar refractivity (Wildman–Crippen MR) is 91.3 cm³/mol.